The lowest BCUT2D eigenvalue weighted by atomic mass is 10.1. The first kappa shape index (κ1) is 18.9. The number of benzene rings is 1. The first-order chi connectivity index (χ1) is 12.2. The van der Waals surface area contributed by atoms with Crippen molar-refractivity contribution in [2.24, 2.45) is 0 Å². The van der Waals surface area contributed by atoms with Crippen LogP contribution in [0.1, 0.15) is 42.5 Å². The van der Waals surface area contributed by atoms with Crippen molar-refractivity contribution in [1.82, 2.24) is 9.97 Å². The maximum Gasteiger partial charge on any atom is 0.433 e. The van der Waals surface area contributed by atoms with Crippen molar-refractivity contribution in [3.8, 4) is 0 Å². The number of hydrogen-bond acceptors (Lipinski definition) is 4. The number of hydrogen-bond donors (Lipinski definition) is 2. The number of alkyl halides is 3. The molecule has 2 aromatic rings. The molecule has 26 heavy (non-hydrogen) atoms. The van der Waals surface area contributed by atoms with Crippen LogP contribution in [0.25, 0.3) is 0 Å². The van der Waals surface area contributed by atoms with E-state index in [4.69, 9.17) is 0 Å². The molecule has 1 heterocycles. The zero-order valence-electron chi connectivity index (χ0n) is 14.5. The number of anilines is 3. The van der Waals surface area contributed by atoms with E-state index >= 15 is 0 Å². The van der Waals surface area contributed by atoms with Gasteiger partial charge in [-0.25, -0.2) is 4.98 Å². The van der Waals surface area contributed by atoms with Gasteiger partial charge in [0.15, 0.2) is 5.69 Å². The lowest BCUT2D eigenvalue weighted by molar-refractivity contribution is -0.141. The Morgan fingerprint density at radius 2 is 1.65 bits per heavy atom. The fourth-order valence-corrected chi connectivity index (χ4v) is 3.90. The third kappa shape index (κ3) is 4.47. The lowest BCUT2D eigenvalue weighted by Gasteiger charge is -2.17. The summed E-state index contributed by atoms with van der Waals surface area (Å²) < 4.78 is 40.7. The van der Waals surface area contributed by atoms with Gasteiger partial charge in [0.2, 0.25) is 5.95 Å². The Kier molecular flexibility index (Phi) is 5.41. The Morgan fingerprint density at radius 1 is 1.04 bits per heavy atom. The summed E-state index contributed by atoms with van der Waals surface area (Å²) in [4.78, 5) is 7.94. The number of nitrogens with zero attached hydrogens (tertiary/aromatic N) is 2. The molecular formula is C18H20BrF3N4. The first-order valence-corrected chi connectivity index (χ1v) is 9.28. The number of halogens is 4. The standard InChI is InChI=1S/C18H20BrF3N4/c1-10-7-12(19)8-11(2)16(10)25-15-9-14(18(20,21)22)24-17(26-15)23-13-5-3-4-6-13/h7-9,13H,3-6H2,1-2H3,(H2,23,24,25,26). The van der Waals surface area contributed by atoms with Crippen LogP contribution in [-0.4, -0.2) is 16.0 Å². The molecule has 1 fully saturated rings. The zero-order valence-corrected chi connectivity index (χ0v) is 16.1. The molecule has 0 amide bonds. The molecule has 1 aromatic heterocycles. The summed E-state index contributed by atoms with van der Waals surface area (Å²) in [5.74, 6) is 0.142. The largest absolute Gasteiger partial charge is 0.433 e. The number of aromatic nitrogens is 2. The summed E-state index contributed by atoms with van der Waals surface area (Å²) in [6, 6.07) is 4.88. The highest BCUT2D eigenvalue weighted by Gasteiger charge is 2.34. The fraction of sp³-hybridized carbons (Fsp3) is 0.444. The average Bonchev–Trinajstić information content (AvgIpc) is 3.02. The van der Waals surface area contributed by atoms with Gasteiger partial charge in [0.1, 0.15) is 5.82 Å². The van der Waals surface area contributed by atoms with Gasteiger partial charge in [-0.3, -0.25) is 0 Å². The number of nitrogens with one attached hydrogen (secondary N) is 2. The van der Waals surface area contributed by atoms with Crippen LogP contribution in [0.4, 0.5) is 30.6 Å². The van der Waals surface area contributed by atoms with E-state index in [9.17, 15) is 13.2 Å². The first-order valence-electron chi connectivity index (χ1n) is 8.49. The molecule has 1 saturated carbocycles. The molecule has 3 rings (SSSR count). The van der Waals surface area contributed by atoms with Gasteiger partial charge in [-0.15, -0.1) is 0 Å². The maximum atomic E-state index is 13.3. The van der Waals surface area contributed by atoms with Crippen molar-refractivity contribution in [3.63, 3.8) is 0 Å². The van der Waals surface area contributed by atoms with E-state index in [0.29, 0.717) is 0 Å². The molecule has 2 N–H and O–H groups in total. The van der Waals surface area contributed by atoms with Crippen molar-refractivity contribution >= 4 is 33.4 Å². The van der Waals surface area contributed by atoms with Gasteiger partial charge in [0.25, 0.3) is 0 Å². The van der Waals surface area contributed by atoms with Gasteiger partial charge in [0, 0.05) is 22.3 Å². The van der Waals surface area contributed by atoms with E-state index in [1.165, 1.54) is 0 Å². The molecule has 0 atom stereocenters. The van der Waals surface area contributed by atoms with Crippen LogP contribution in [0.3, 0.4) is 0 Å². The van der Waals surface area contributed by atoms with E-state index in [1.807, 2.05) is 26.0 Å². The van der Waals surface area contributed by atoms with E-state index in [0.717, 1.165) is 53.0 Å². The maximum absolute atomic E-state index is 13.3. The Bertz CT molecular complexity index is 779. The Balaban J connectivity index is 1.95. The molecule has 0 unspecified atom stereocenters. The van der Waals surface area contributed by atoms with Crippen molar-refractivity contribution in [3.05, 3.63) is 39.5 Å². The summed E-state index contributed by atoms with van der Waals surface area (Å²) in [5.41, 5.74) is 1.61. The Hall–Kier alpha value is -1.83. The van der Waals surface area contributed by atoms with Crippen molar-refractivity contribution in [1.29, 1.82) is 0 Å². The van der Waals surface area contributed by atoms with Gasteiger partial charge < -0.3 is 10.6 Å². The van der Waals surface area contributed by atoms with Gasteiger partial charge >= 0.3 is 6.18 Å². The fourth-order valence-electron chi connectivity index (χ4n) is 3.21. The van der Waals surface area contributed by atoms with E-state index in [2.05, 4.69) is 36.5 Å². The van der Waals surface area contributed by atoms with Crippen LogP contribution in [0.15, 0.2) is 22.7 Å². The summed E-state index contributed by atoms with van der Waals surface area (Å²) in [7, 11) is 0. The van der Waals surface area contributed by atoms with Crippen LogP contribution < -0.4 is 10.6 Å². The molecule has 140 valence electrons. The second-order valence-electron chi connectivity index (χ2n) is 6.63. The van der Waals surface area contributed by atoms with Crippen LogP contribution in [0.2, 0.25) is 0 Å². The normalized spacial score (nSPS) is 15.3. The Morgan fingerprint density at radius 3 is 2.23 bits per heavy atom. The van der Waals surface area contributed by atoms with Crippen molar-refractivity contribution in [2.75, 3.05) is 10.6 Å². The second-order valence-corrected chi connectivity index (χ2v) is 7.54. The minimum Gasteiger partial charge on any atom is -0.351 e. The second kappa shape index (κ2) is 7.42. The van der Waals surface area contributed by atoms with Crippen LogP contribution in [0.5, 0.6) is 0 Å². The number of rotatable bonds is 4. The van der Waals surface area contributed by atoms with Crippen LogP contribution >= 0.6 is 15.9 Å². The molecule has 0 bridgehead atoms. The van der Waals surface area contributed by atoms with Crippen molar-refractivity contribution in [2.45, 2.75) is 51.7 Å². The SMILES string of the molecule is Cc1cc(Br)cc(C)c1Nc1cc(C(F)(F)F)nc(NC2CCCC2)n1. The van der Waals surface area contributed by atoms with Gasteiger partial charge in [-0.05, 0) is 49.9 Å². The summed E-state index contributed by atoms with van der Waals surface area (Å²) in [6.07, 6.45) is -0.548. The molecule has 1 aliphatic rings. The summed E-state index contributed by atoms with van der Waals surface area (Å²) in [6.45, 7) is 3.79. The van der Waals surface area contributed by atoms with E-state index < -0.39 is 11.9 Å². The quantitative estimate of drug-likeness (QED) is 0.629. The van der Waals surface area contributed by atoms with Gasteiger partial charge in [0.05, 0.1) is 0 Å². The van der Waals surface area contributed by atoms with E-state index in [1.54, 1.807) is 0 Å². The van der Waals surface area contributed by atoms with Crippen LogP contribution in [0, 0.1) is 13.8 Å². The summed E-state index contributed by atoms with van der Waals surface area (Å²) in [5, 5.41) is 6.08. The molecule has 8 heteroatoms. The Labute approximate surface area is 158 Å². The monoisotopic (exact) mass is 428 g/mol. The highest BCUT2D eigenvalue weighted by atomic mass is 79.9. The van der Waals surface area contributed by atoms with Crippen LogP contribution in [-0.2, 0) is 6.18 Å². The van der Waals surface area contributed by atoms with Crippen molar-refractivity contribution < 1.29 is 13.2 Å². The minimum atomic E-state index is -4.53. The molecule has 0 spiro atoms. The van der Waals surface area contributed by atoms with Gasteiger partial charge in [-0.1, -0.05) is 28.8 Å². The summed E-state index contributed by atoms with van der Waals surface area (Å²) >= 11 is 3.42. The molecule has 0 saturated heterocycles. The molecule has 0 radical (unpaired) electrons. The molecule has 1 aromatic carbocycles. The predicted octanol–water partition coefficient (Wildman–Crippen LogP) is 5.97. The molecule has 1 aliphatic carbocycles. The van der Waals surface area contributed by atoms with E-state index in [-0.39, 0.29) is 17.8 Å². The highest BCUT2D eigenvalue weighted by Crippen LogP contribution is 2.33. The molecular weight excluding hydrogens is 409 g/mol. The van der Waals surface area contributed by atoms with Gasteiger partial charge in [-0.2, -0.15) is 18.2 Å². The lowest BCUT2D eigenvalue weighted by Crippen LogP contribution is -2.19. The smallest absolute Gasteiger partial charge is 0.351 e. The average molecular weight is 429 g/mol. The highest BCUT2D eigenvalue weighted by molar-refractivity contribution is 9.10. The third-order valence-corrected chi connectivity index (χ3v) is 4.91. The molecule has 0 aliphatic heterocycles. The predicted molar refractivity (Wildman–Crippen MR) is 99.8 cm³/mol. The molecule has 4 nitrogen and oxygen atoms in total. The minimum absolute atomic E-state index is 0.0154. The third-order valence-electron chi connectivity index (χ3n) is 4.46. The topological polar surface area (TPSA) is 49.8 Å². The zero-order chi connectivity index (χ0) is 18.9. The number of aryl methyl sites for hydroxylation is 2.